The molecule has 0 spiro atoms. The number of thiol groups is 1. The molecular weight excluding hydrogens is 172 g/mol. The van der Waals surface area contributed by atoms with Crippen LogP contribution in [0.25, 0.3) is 0 Å². The van der Waals surface area contributed by atoms with Gasteiger partial charge in [-0.25, -0.2) is 0 Å². The summed E-state index contributed by atoms with van der Waals surface area (Å²) in [6, 6.07) is 7.57. The fourth-order valence-electron chi connectivity index (χ4n) is 0.894. The van der Waals surface area contributed by atoms with Gasteiger partial charge in [0.1, 0.15) is 0 Å². The van der Waals surface area contributed by atoms with Crippen LogP contribution in [-0.2, 0) is 0 Å². The standard InChI is InChI=1S/C9H12O2S/c1-10-8-4-2-3-5-9(8)11-6-7-12/h2-5,12H,6-7H2,1H3. The zero-order valence-electron chi connectivity index (χ0n) is 6.99. The molecule has 0 saturated carbocycles. The van der Waals surface area contributed by atoms with Gasteiger partial charge in [0, 0.05) is 5.75 Å². The van der Waals surface area contributed by atoms with Crippen molar-refractivity contribution in [2.45, 2.75) is 0 Å². The molecule has 1 aromatic rings. The largest absolute Gasteiger partial charge is 0.493 e. The summed E-state index contributed by atoms with van der Waals surface area (Å²) in [5.74, 6) is 2.24. The van der Waals surface area contributed by atoms with E-state index in [4.69, 9.17) is 9.47 Å². The van der Waals surface area contributed by atoms with Gasteiger partial charge < -0.3 is 9.47 Å². The summed E-state index contributed by atoms with van der Waals surface area (Å²) in [7, 11) is 1.63. The normalized spacial score (nSPS) is 9.50. The van der Waals surface area contributed by atoms with Gasteiger partial charge in [-0.3, -0.25) is 0 Å². The summed E-state index contributed by atoms with van der Waals surface area (Å²) >= 11 is 4.05. The lowest BCUT2D eigenvalue weighted by Crippen LogP contribution is -1.99. The van der Waals surface area contributed by atoms with Gasteiger partial charge in [0.25, 0.3) is 0 Å². The van der Waals surface area contributed by atoms with E-state index in [1.54, 1.807) is 7.11 Å². The third-order valence-electron chi connectivity index (χ3n) is 1.42. The molecule has 0 aliphatic carbocycles. The molecule has 0 saturated heterocycles. The van der Waals surface area contributed by atoms with Gasteiger partial charge in [-0.05, 0) is 12.1 Å². The third-order valence-corrected chi connectivity index (χ3v) is 1.60. The van der Waals surface area contributed by atoms with Crippen LogP contribution < -0.4 is 9.47 Å². The Morgan fingerprint density at radius 3 is 2.50 bits per heavy atom. The molecule has 1 aromatic carbocycles. The first-order valence-electron chi connectivity index (χ1n) is 3.75. The minimum absolute atomic E-state index is 0.601. The van der Waals surface area contributed by atoms with Crippen molar-refractivity contribution in [2.24, 2.45) is 0 Å². The molecule has 1 rings (SSSR count). The lowest BCUT2D eigenvalue weighted by atomic mass is 10.3. The molecule has 0 amide bonds. The van der Waals surface area contributed by atoms with Crippen molar-refractivity contribution in [1.29, 1.82) is 0 Å². The second kappa shape index (κ2) is 4.93. The predicted octanol–water partition coefficient (Wildman–Crippen LogP) is 2.00. The van der Waals surface area contributed by atoms with Gasteiger partial charge >= 0.3 is 0 Å². The van der Waals surface area contributed by atoms with E-state index < -0.39 is 0 Å². The van der Waals surface area contributed by atoms with Crippen molar-refractivity contribution in [3.8, 4) is 11.5 Å². The molecule has 0 fully saturated rings. The molecule has 66 valence electrons. The fraction of sp³-hybridized carbons (Fsp3) is 0.333. The summed E-state index contributed by atoms with van der Waals surface area (Å²) in [4.78, 5) is 0. The quantitative estimate of drug-likeness (QED) is 0.721. The van der Waals surface area contributed by atoms with Gasteiger partial charge in [0.15, 0.2) is 11.5 Å². The first kappa shape index (κ1) is 9.26. The molecule has 0 N–H and O–H groups in total. The zero-order chi connectivity index (χ0) is 8.81. The van der Waals surface area contributed by atoms with E-state index in [1.807, 2.05) is 24.3 Å². The number of hydrogen-bond donors (Lipinski definition) is 1. The minimum Gasteiger partial charge on any atom is -0.493 e. The molecule has 0 bridgehead atoms. The maximum atomic E-state index is 5.38. The molecule has 0 radical (unpaired) electrons. The molecule has 0 aliphatic rings. The van der Waals surface area contributed by atoms with Gasteiger partial charge in [0.2, 0.25) is 0 Å². The van der Waals surface area contributed by atoms with Gasteiger partial charge in [-0.1, -0.05) is 12.1 Å². The molecule has 12 heavy (non-hydrogen) atoms. The van der Waals surface area contributed by atoms with Crippen LogP contribution >= 0.6 is 12.6 Å². The Hall–Kier alpha value is -0.830. The van der Waals surface area contributed by atoms with E-state index in [2.05, 4.69) is 12.6 Å². The molecule has 0 unspecified atom stereocenters. The molecule has 0 aromatic heterocycles. The van der Waals surface area contributed by atoms with Crippen LogP contribution in [0.15, 0.2) is 24.3 Å². The monoisotopic (exact) mass is 184 g/mol. The van der Waals surface area contributed by atoms with Gasteiger partial charge in [-0.15, -0.1) is 0 Å². The molecule has 3 heteroatoms. The van der Waals surface area contributed by atoms with Crippen LogP contribution in [0.5, 0.6) is 11.5 Å². The van der Waals surface area contributed by atoms with Crippen molar-refractivity contribution in [1.82, 2.24) is 0 Å². The average Bonchev–Trinajstić information content (AvgIpc) is 2.15. The topological polar surface area (TPSA) is 18.5 Å². The minimum atomic E-state index is 0.601. The lowest BCUT2D eigenvalue weighted by molar-refractivity contribution is 0.314. The Labute approximate surface area is 77.9 Å². The van der Waals surface area contributed by atoms with Crippen molar-refractivity contribution < 1.29 is 9.47 Å². The van der Waals surface area contributed by atoms with Crippen molar-refractivity contribution >= 4 is 12.6 Å². The van der Waals surface area contributed by atoms with Crippen LogP contribution in [0, 0.1) is 0 Å². The molecule has 0 aliphatic heterocycles. The predicted molar refractivity (Wildman–Crippen MR) is 52.3 cm³/mol. The van der Waals surface area contributed by atoms with Crippen molar-refractivity contribution in [3.05, 3.63) is 24.3 Å². The fourth-order valence-corrected chi connectivity index (χ4v) is 0.985. The summed E-state index contributed by atoms with van der Waals surface area (Å²) in [6.07, 6.45) is 0. The Morgan fingerprint density at radius 1 is 1.25 bits per heavy atom. The van der Waals surface area contributed by atoms with Crippen LogP contribution in [0.4, 0.5) is 0 Å². The van der Waals surface area contributed by atoms with Gasteiger partial charge in [0.05, 0.1) is 13.7 Å². The number of methoxy groups -OCH3 is 1. The number of rotatable bonds is 4. The summed E-state index contributed by atoms with van der Waals surface area (Å²) < 4.78 is 10.5. The lowest BCUT2D eigenvalue weighted by Gasteiger charge is -2.08. The Balaban J connectivity index is 2.68. The van der Waals surface area contributed by atoms with E-state index in [-0.39, 0.29) is 0 Å². The molecular formula is C9H12O2S. The second-order valence-electron chi connectivity index (χ2n) is 2.22. The number of ether oxygens (including phenoxy) is 2. The summed E-state index contributed by atoms with van der Waals surface area (Å²) in [5, 5.41) is 0. The Kier molecular flexibility index (Phi) is 3.80. The smallest absolute Gasteiger partial charge is 0.161 e. The first-order chi connectivity index (χ1) is 5.88. The number of hydrogen-bond acceptors (Lipinski definition) is 3. The molecule has 0 heterocycles. The van der Waals surface area contributed by atoms with Crippen LogP contribution in [0.2, 0.25) is 0 Å². The third kappa shape index (κ3) is 2.34. The van der Waals surface area contributed by atoms with Crippen molar-refractivity contribution in [2.75, 3.05) is 19.5 Å². The average molecular weight is 184 g/mol. The highest BCUT2D eigenvalue weighted by atomic mass is 32.1. The molecule has 2 nitrogen and oxygen atoms in total. The highest BCUT2D eigenvalue weighted by Gasteiger charge is 2.00. The van der Waals surface area contributed by atoms with E-state index in [1.165, 1.54) is 0 Å². The van der Waals surface area contributed by atoms with E-state index >= 15 is 0 Å². The Morgan fingerprint density at radius 2 is 1.92 bits per heavy atom. The van der Waals surface area contributed by atoms with Crippen LogP contribution in [0.1, 0.15) is 0 Å². The first-order valence-corrected chi connectivity index (χ1v) is 4.38. The SMILES string of the molecule is COc1ccccc1OCCS. The maximum absolute atomic E-state index is 5.38. The molecule has 0 atom stereocenters. The highest BCUT2D eigenvalue weighted by molar-refractivity contribution is 7.80. The number of benzene rings is 1. The van der Waals surface area contributed by atoms with Crippen LogP contribution in [-0.4, -0.2) is 19.5 Å². The number of para-hydroxylation sites is 2. The zero-order valence-corrected chi connectivity index (χ0v) is 7.88. The second-order valence-corrected chi connectivity index (χ2v) is 2.67. The maximum Gasteiger partial charge on any atom is 0.161 e. The van der Waals surface area contributed by atoms with E-state index in [0.717, 1.165) is 11.5 Å². The van der Waals surface area contributed by atoms with Crippen LogP contribution in [0.3, 0.4) is 0 Å². The van der Waals surface area contributed by atoms with E-state index in [9.17, 15) is 0 Å². The summed E-state index contributed by atoms with van der Waals surface area (Å²) in [5.41, 5.74) is 0. The van der Waals surface area contributed by atoms with Gasteiger partial charge in [-0.2, -0.15) is 12.6 Å². The highest BCUT2D eigenvalue weighted by Crippen LogP contribution is 2.25. The van der Waals surface area contributed by atoms with Crippen molar-refractivity contribution in [3.63, 3.8) is 0 Å². The summed E-state index contributed by atoms with van der Waals surface area (Å²) in [6.45, 7) is 0.601. The Bertz CT molecular complexity index is 238. The van der Waals surface area contributed by atoms with E-state index in [0.29, 0.717) is 12.4 Å².